The first-order valence-corrected chi connectivity index (χ1v) is 5.18. The van der Waals surface area contributed by atoms with Crippen molar-refractivity contribution < 1.29 is 4.42 Å². The molecule has 3 rings (SSSR count). The topological polar surface area (TPSA) is 82.2 Å². The molecule has 1 heterocycles. The standard InChI is InChI=1S/C13H10N2O2/c14-9-5-1-3-7-11(16)8-4-2-6-10(15)13(8)17-12(7)9/h1-6H,14-15H2. The smallest absolute Gasteiger partial charge is 0.200 e. The van der Waals surface area contributed by atoms with Crippen molar-refractivity contribution in [2.45, 2.75) is 0 Å². The SMILES string of the molecule is Nc1cccc2c(=O)c3cccc(N)c3oc12. The van der Waals surface area contributed by atoms with E-state index in [0.29, 0.717) is 33.3 Å². The van der Waals surface area contributed by atoms with Gasteiger partial charge in [0.25, 0.3) is 0 Å². The number of para-hydroxylation sites is 2. The Morgan fingerprint density at radius 1 is 0.824 bits per heavy atom. The van der Waals surface area contributed by atoms with Crippen molar-refractivity contribution in [3.05, 3.63) is 46.6 Å². The van der Waals surface area contributed by atoms with Gasteiger partial charge in [0.1, 0.15) is 0 Å². The second kappa shape index (κ2) is 3.25. The fourth-order valence-electron chi connectivity index (χ4n) is 1.94. The van der Waals surface area contributed by atoms with Crippen molar-refractivity contribution in [1.29, 1.82) is 0 Å². The third-order valence-corrected chi connectivity index (χ3v) is 2.78. The maximum atomic E-state index is 12.2. The van der Waals surface area contributed by atoms with E-state index in [1.165, 1.54) is 0 Å². The molecule has 4 N–H and O–H groups in total. The summed E-state index contributed by atoms with van der Waals surface area (Å²) in [6, 6.07) is 10.2. The van der Waals surface area contributed by atoms with E-state index in [1.807, 2.05) is 0 Å². The lowest BCUT2D eigenvalue weighted by atomic mass is 10.1. The fourth-order valence-corrected chi connectivity index (χ4v) is 1.94. The second-order valence-electron chi connectivity index (χ2n) is 3.88. The van der Waals surface area contributed by atoms with E-state index >= 15 is 0 Å². The molecule has 0 radical (unpaired) electrons. The molecule has 84 valence electrons. The Bertz CT molecular complexity index is 727. The molecular weight excluding hydrogens is 216 g/mol. The van der Waals surface area contributed by atoms with Crippen LogP contribution in [0.2, 0.25) is 0 Å². The van der Waals surface area contributed by atoms with E-state index < -0.39 is 0 Å². The van der Waals surface area contributed by atoms with Crippen LogP contribution in [0.1, 0.15) is 0 Å². The number of fused-ring (bicyclic) bond motifs is 2. The van der Waals surface area contributed by atoms with Gasteiger partial charge in [-0.3, -0.25) is 4.79 Å². The molecule has 17 heavy (non-hydrogen) atoms. The van der Waals surface area contributed by atoms with Gasteiger partial charge in [0, 0.05) is 0 Å². The summed E-state index contributed by atoms with van der Waals surface area (Å²) in [5, 5.41) is 0.950. The molecule has 0 bridgehead atoms. The Balaban J connectivity index is 2.68. The van der Waals surface area contributed by atoms with Gasteiger partial charge in [0.2, 0.25) is 5.43 Å². The predicted octanol–water partition coefficient (Wildman–Crippen LogP) is 2.11. The van der Waals surface area contributed by atoms with Gasteiger partial charge < -0.3 is 15.9 Å². The molecule has 0 aliphatic heterocycles. The highest BCUT2D eigenvalue weighted by molar-refractivity contribution is 5.98. The van der Waals surface area contributed by atoms with Crippen LogP contribution >= 0.6 is 0 Å². The zero-order chi connectivity index (χ0) is 12.0. The van der Waals surface area contributed by atoms with Crippen molar-refractivity contribution in [3.8, 4) is 0 Å². The van der Waals surface area contributed by atoms with Gasteiger partial charge in [-0.05, 0) is 24.3 Å². The Hall–Kier alpha value is -2.49. The first kappa shape index (κ1) is 9.72. The van der Waals surface area contributed by atoms with E-state index in [-0.39, 0.29) is 5.43 Å². The quantitative estimate of drug-likeness (QED) is 0.454. The molecule has 0 saturated heterocycles. The Morgan fingerprint density at radius 3 is 1.76 bits per heavy atom. The average molecular weight is 226 g/mol. The molecule has 0 aliphatic rings. The molecule has 0 spiro atoms. The molecule has 2 aromatic carbocycles. The van der Waals surface area contributed by atoms with Crippen LogP contribution in [0.15, 0.2) is 45.6 Å². The predicted molar refractivity (Wildman–Crippen MR) is 68.8 cm³/mol. The van der Waals surface area contributed by atoms with Crippen molar-refractivity contribution in [2.24, 2.45) is 0 Å². The van der Waals surface area contributed by atoms with Crippen LogP contribution in [0, 0.1) is 0 Å². The van der Waals surface area contributed by atoms with Crippen LogP contribution in [-0.2, 0) is 0 Å². The van der Waals surface area contributed by atoms with Crippen molar-refractivity contribution >= 4 is 33.3 Å². The number of rotatable bonds is 0. The van der Waals surface area contributed by atoms with Gasteiger partial charge in [0.15, 0.2) is 11.2 Å². The Labute approximate surface area is 96.4 Å². The molecule has 0 aliphatic carbocycles. The maximum Gasteiger partial charge on any atom is 0.200 e. The number of nitrogen functional groups attached to an aromatic ring is 2. The highest BCUT2D eigenvalue weighted by Crippen LogP contribution is 2.26. The number of benzene rings is 2. The summed E-state index contributed by atoms with van der Waals surface area (Å²) < 4.78 is 5.64. The summed E-state index contributed by atoms with van der Waals surface area (Å²) in [4.78, 5) is 12.2. The fraction of sp³-hybridized carbons (Fsp3) is 0. The minimum absolute atomic E-state index is 0.110. The second-order valence-corrected chi connectivity index (χ2v) is 3.88. The minimum atomic E-state index is -0.110. The summed E-state index contributed by atoms with van der Waals surface area (Å²) in [5.74, 6) is 0. The zero-order valence-corrected chi connectivity index (χ0v) is 8.94. The summed E-state index contributed by atoms with van der Waals surface area (Å²) in [6.07, 6.45) is 0. The average Bonchev–Trinajstić information content (AvgIpc) is 2.32. The third kappa shape index (κ3) is 1.27. The molecule has 0 fully saturated rings. The molecular formula is C13H10N2O2. The van der Waals surface area contributed by atoms with Crippen LogP contribution in [-0.4, -0.2) is 0 Å². The van der Waals surface area contributed by atoms with Gasteiger partial charge in [-0.1, -0.05) is 12.1 Å². The first-order chi connectivity index (χ1) is 8.18. The summed E-state index contributed by atoms with van der Waals surface area (Å²) in [7, 11) is 0. The maximum absolute atomic E-state index is 12.2. The van der Waals surface area contributed by atoms with Gasteiger partial charge >= 0.3 is 0 Å². The molecule has 0 unspecified atom stereocenters. The molecule has 0 saturated carbocycles. The molecule has 4 nitrogen and oxygen atoms in total. The molecule has 0 atom stereocenters. The monoisotopic (exact) mass is 226 g/mol. The first-order valence-electron chi connectivity index (χ1n) is 5.18. The molecule has 1 aromatic heterocycles. The lowest BCUT2D eigenvalue weighted by molar-refractivity contribution is 0.663. The van der Waals surface area contributed by atoms with E-state index in [1.54, 1.807) is 36.4 Å². The van der Waals surface area contributed by atoms with Gasteiger partial charge in [-0.15, -0.1) is 0 Å². The minimum Gasteiger partial charge on any atom is -0.451 e. The van der Waals surface area contributed by atoms with E-state index in [0.717, 1.165) is 0 Å². The largest absolute Gasteiger partial charge is 0.451 e. The molecule has 3 aromatic rings. The lowest BCUT2D eigenvalue weighted by Gasteiger charge is -2.04. The molecule has 4 heteroatoms. The highest BCUT2D eigenvalue weighted by atomic mass is 16.3. The number of nitrogens with two attached hydrogens (primary N) is 2. The van der Waals surface area contributed by atoms with Crippen LogP contribution in [0.3, 0.4) is 0 Å². The number of hydrogen-bond acceptors (Lipinski definition) is 4. The van der Waals surface area contributed by atoms with E-state index in [2.05, 4.69) is 0 Å². The van der Waals surface area contributed by atoms with Crippen LogP contribution in [0.25, 0.3) is 21.9 Å². The third-order valence-electron chi connectivity index (χ3n) is 2.78. The molecule has 0 amide bonds. The van der Waals surface area contributed by atoms with Crippen LogP contribution < -0.4 is 16.9 Å². The van der Waals surface area contributed by atoms with E-state index in [9.17, 15) is 4.79 Å². The van der Waals surface area contributed by atoms with Crippen molar-refractivity contribution in [2.75, 3.05) is 11.5 Å². The number of anilines is 2. The number of hydrogen-bond donors (Lipinski definition) is 2. The zero-order valence-electron chi connectivity index (χ0n) is 8.94. The van der Waals surface area contributed by atoms with Crippen LogP contribution in [0.4, 0.5) is 11.4 Å². The highest BCUT2D eigenvalue weighted by Gasteiger charge is 2.10. The summed E-state index contributed by atoms with van der Waals surface area (Å²) in [6.45, 7) is 0. The van der Waals surface area contributed by atoms with Crippen molar-refractivity contribution in [1.82, 2.24) is 0 Å². The van der Waals surface area contributed by atoms with Crippen LogP contribution in [0.5, 0.6) is 0 Å². The van der Waals surface area contributed by atoms with Gasteiger partial charge in [-0.2, -0.15) is 0 Å². The summed E-state index contributed by atoms with van der Waals surface area (Å²) in [5.41, 5.74) is 13.1. The Kier molecular flexibility index (Phi) is 1.86. The normalized spacial score (nSPS) is 11.1. The summed E-state index contributed by atoms with van der Waals surface area (Å²) >= 11 is 0. The van der Waals surface area contributed by atoms with Crippen molar-refractivity contribution in [3.63, 3.8) is 0 Å². The Morgan fingerprint density at radius 2 is 1.29 bits per heavy atom. The van der Waals surface area contributed by atoms with Gasteiger partial charge in [0.05, 0.1) is 22.1 Å². The lowest BCUT2D eigenvalue weighted by Crippen LogP contribution is -2.04. The van der Waals surface area contributed by atoms with E-state index in [4.69, 9.17) is 15.9 Å². The van der Waals surface area contributed by atoms with Gasteiger partial charge in [-0.25, -0.2) is 0 Å².